The van der Waals surface area contributed by atoms with Gasteiger partial charge in [-0.1, -0.05) is 19.3 Å². The first-order chi connectivity index (χ1) is 10.6. The van der Waals surface area contributed by atoms with Crippen LogP contribution in [0.25, 0.3) is 0 Å². The molecule has 1 aliphatic carbocycles. The normalized spacial score (nSPS) is 21.1. The summed E-state index contributed by atoms with van der Waals surface area (Å²) in [6, 6.07) is 2.00. The molecule has 6 heteroatoms. The van der Waals surface area contributed by atoms with Crippen molar-refractivity contribution in [2.45, 2.75) is 55.9 Å². The van der Waals surface area contributed by atoms with Crippen LogP contribution < -0.4 is 14.2 Å². The number of fused-ring (bicyclic) bond motifs is 2. The van der Waals surface area contributed by atoms with Gasteiger partial charge in [-0.2, -0.15) is 0 Å². The van der Waals surface area contributed by atoms with Gasteiger partial charge in [0.15, 0.2) is 0 Å². The number of nitrogens with one attached hydrogen (secondary N) is 1. The Labute approximate surface area is 131 Å². The van der Waals surface area contributed by atoms with E-state index in [0.717, 1.165) is 43.2 Å². The van der Waals surface area contributed by atoms with Crippen LogP contribution in [-0.2, 0) is 22.9 Å². The number of rotatable bonds is 3. The van der Waals surface area contributed by atoms with E-state index < -0.39 is 10.0 Å². The molecule has 0 atom stereocenters. The molecule has 2 heterocycles. The Hall–Kier alpha value is -1.27. The van der Waals surface area contributed by atoms with Gasteiger partial charge in [0.25, 0.3) is 0 Å². The lowest BCUT2D eigenvalue weighted by atomic mass is 9.96. The predicted octanol–water partition coefficient (Wildman–Crippen LogP) is 2.17. The van der Waals surface area contributed by atoms with Gasteiger partial charge in [0, 0.05) is 30.0 Å². The molecule has 0 spiro atoms. The monoisotopic (exact) mass is 323 g/mol. The summed E-state index contributed by atoms with van der Waals surface area (Å²) >= 11 is 0. The first-order valence-electron chi connectivity index (χ1n) is 8.12. The Bertz CT molecular complexity index is 660. The molecule has 3 aliphatic rings. The fourth-order valence-corrected chi connectivity index (χ4v) is 5.48. The third kappa shape index (κ3) is 2.38. The Morgan fingerprint density at radius 1 is 1.05 bits per heavy atom. The molecule has 0 aromatic heterocycles. The third-order valence-electron chi connectivity index (χ3n) is 4.80. The Morgan fingerprint density at radius 3 is 2.64 bits per heavy atom. The molecule has 0 amide bonds. The fraction of sp³-hybridized carbons (Fsp3) is 0.625. The van der Waals surface area contributed by atoms with Crippen molar-refractivity contribution in [2.24, 2.45) is 0 Å². The highest BCUT2D eigenvalue weighted by molar-refractivity contribution is 7.89. The summed E-state index contributed by atoms with van der Waals surface area (Å²) in [5, 5.41) is 0. The van der Waals surface area contributed by atoms with Crippen LogP contribution in [0.15, 0.2) is 11.0 Å². The molecule has 5 nitrogen and oxygen atoms in total. The van der Waals surface area contributed by atoms with Crippen molar-refractivity contribution in [1.29, 1.82) is 0 Å². The van der Waals surface area contributed by atoms with E-state index in [9.17, 15) is 8.42 Å². The molecular formula is C16H21NO4S. The SMILES string of the molecule is O=S(=O)(NC1CCCCC1)c1c2c(cc3c1OCC3)OCC2. The lowest BCUT2D eigenvalue weighted by Gasteiger charge is -2.23. The molecule has 4 rings (SSSR count). The molecule has 0 unspecified atom stereocenters. The Morgan fingerprint density at radius 2 is 1.82 bits per heavy atom. The Kier molecular flexibility index (Phi) is 3.53. The predicted molar refractivity (Wildman–Crippen MR) is 82.0 cm³/mol. The highest BCUT2D eigenvalue weighted by Gasteiger charge is 2.34. The van der Waals surface area contributed by atoms with E-state index in [4.69, 9.17) is 9.47 Å². The van der Waals surface area contributed by atoms with E-state index in [2.05, 4.69) is 4.72 Å². The highest BCUT2D eigenvalue weighted by atomic mass is 32.2. The van der Waals surface area contributed by atoms with Crippen LogP contribution in [0.5, 0.6) is 11.5 Å². The van der Waals surface area contributed by atoms with Gasteiger partial charge >= 0.3 is 0 Å². The van der Waals surface area contributed by atoms with Gasteiger partial charge in [-0.25, -0.2) is 13.1 Å². The molecule has 0 radical (unpaired) electrons. The molecule has 1 N–H and O–H groups in total. The minimum absolute atomic E-state index is 0.0500. The first kappa shape index (κ1) is 14.3. The van der Waals surface area contributed by atoms with Gasteiger partial charge in [-0.15, -0.1) is 0 Å². The van der Waals surface area contributed by atoms with Crippen molar-refractivity contribution in [3.05, 3.63) is 17.2 Å². The third-order valence-corrected chi connectivity index (χ3v) is 6.41. The lowest BCUT2D eigenvalue weighted by Crippen LogP contribution is -2.36. The second-order valence-electron chi connectivity index (χ2n) is 6.32. The van der Waals surface area contributed by atoms with Gasteiger partial charge in [-0.3, -0.25) is 0 Å². The molecular weight excluding hydrogens is 302 g/mol. The van der Waals surface area contributed by atoms with E-state index in [0.29, 0.717) is 36.0 Å². The summed E-state index contributed by atoms with van der Waals surface area (Å²) in [6.07, 6.45) is 6.62. The van der Waals surface area contributed by atoms with Crippen molar-refractivity contribution in [3.63, 3.8) is 0 Å². The van der Waals surface area contributed by atoms with Crippen LogP contribution >= 0.6 is 0 Å². The quantitative estimate of drug-likeness (QED) is 0.926. The maximum atomic E-state index is 13.0. The average Bonchev–Trinajstić information content (AvgIpc) is 3.12. The van der Waals surface area contributed by atoms with Crippen LogP contribution in [0, 0.1) is 0 Å². The van der Waals surface area contributed by atoms with E-state index in [1.165, 1.54) is 6.42 Å². The first-order valence-corrected chi connectivity index (χ1v) is 9.60. The van der Waals surface area contributed by atoms with E-state index in [1.54, 1.807) is 0 Å². The molecule has 1 aromatic carbocycles. The molecule has 2 aliphatic heterocycles. The highest BCUT2D eigenvalue weighted by Crippen LogP contribution is 2.43. The smallest absolute Gasteiger partial charge is 0.244 e. The van der Waals surface area contributed by atoms with Crippen molar-refractivity contribution < 1.29 is 17.9 Å². The zero-order chi connectivity index (χ0) is 15.2. The standard InChI is InChI=1S/C16H21NO4S/c18-22(19,17-12-4-2-1-3-5-12)16-13-7-9-20-14(13)10-11-6-8-21-15(11)16/h10,12,17H,1-9H2. The molecule has 0 saturated heterocycles. The van der Waals surface area contributed by atoms with Gasteiger partial charge in [0.05, 0.1) is 13.2 Å². The molecule has 120 valence electrons. The van der Waals surface area contributed by atoms with Crippen LogP contribution in [0.1, 0.15) is 43.2 Å². The summed E-state index contributed by atoms with van der Waals surface area (Å²) in [7, 11) is -3.57. The second-order valence-corrected chi connectivity index (χ2v) is 7.97. The summed E-state index contributed by atoms with van der Waals surface area (Å²) in [5.41, 5.74) is 1.73. The fourth-order valence-electron chi connectivity index (χ4n) is 3.72. The van der Waals surface area contributed by atoms with Crippen molar-refractivity contribution in [2.75, 3.05) is 13.2 Å². The van der Waals surface area contributed by atoms with Crippen molar-refractivity contribution in [1.82, 2.24) is 4.72 Å². The van der Waals surface area contributed by atoms with E-state index in [1.807, 2.05) is 6.07 Å². The number of hydrogen-bond donors (Lipinski definition) is 1. The van der Waals surface area contributed by atoms with Crippen LogP contribution in [0.4, 0.5) is 0 Å². The van der Waals surface area contributed by atoms with Gasteiger partial charge < -0.3 is 9.47 Å². The molecule has 22 heavy (non-hydrogen) atoms. The van der Waals surface area contributed by atoms with Crippen LogP contribution in [-0.4, -0.2) is 27.7 Å². The largest absolute Gasteiger partial charge is 0.493 e. The van der Waals surface area contributed by atoms with E-state index in [-0.39, 0.29) is 6.04 Å². The maximum Gasteiger partial charge on any atom is 0.244 e. The molecule has 1 aromatic rings. The molecule has 1 saturated carbocycles. The average molecular weight is 323 g/mol. The maximum absolute atomic E-state index is 13.0. The summed E-state index contributed by atoms with van der Waals surface area (Å²) < 4.78 is 40.1. The minimum Gasteiger partial charge on any atom is -0.493 e. The molecule has 0 bridgehead atoms. The summed E-state index contributed by atoms with van der Waals surface area (Å²) in [4.78, 5) is 0.334. The number of ether oxygens (including phenoxy) is 2. The molecule has 1 fully saturated rings. The number of hydrogen-bond acceptors (Lipinski definition) is 4. The van der Waals surface area contributed by atoms with Gasteiger partial charge in [0.2, 0.25) is 10.0 Å². The summed E-state index contributed by atoms with van der Waals surface area (Å²) in [6.45, 7) is 1.09. The van der Waals surface area contributed by atoms with Crippen molar-refractivity contribution >= 4 is 10.0 Å². The van der Waals surface area contributed by atoms with Crippen molar-refractivity contribution in [3.8, 4) is 11.5 Å². The van der Waals surface area contributed by atoms with E-state index >= 15 is 0 Å². The topological polar surface area (TPSA) is 64.6 Å². The van der Waals surface area contributed by atoms with Crippen LogP contribution in [0.3, 0.4) is 0 Å². The van der Waals surface area contributed by atoms with Gasteiger partial charge in [-0.05, 0) is 18.9 Å². The summed E-state index contributed by atoms with van der Waals surface area (Å²) in [5.74, 6) is 1.26. The lowest BCUT2D eigenvalue weighted by molar-refractivity contribution is 0.347. The number of sulfonamides is 1. The van der Waals surface area contributed by atoms with Gasteiger partial charge in [0.1, 0.15) is 16.4 Å². The Balaban J connectivity index is 1.75. The zero-order valence-corrected chi connectivity index (χ0v) is 13.4. The van der Waals surface area contributed by atoms with Crippen LogP contribution in [0.2, 0.25) is 0 Å². The second kappa shape index (κ2) is 5.42. The number of benzene rings is 1. The zero-order valence-electron chi connectivity index (χ0n) is 12.6. The minimum atomic E-state index is -3.57.